The minimum Gasteiger partial charge on any atom is -0.756 e. The van der Waals surface area contributed by atoms with Crippen LogP contribution in [0.2, 0.25) is 0 Å². The third-order valence-electron chi connectivity index (χ3n) is 4.84. The number of fused-ring (bicyclic) bond motifs is 1. The molecule has 39 heavy (non-hydrogen) atoms. The smallest absolute Gasteiger partial charge is 0.756 e. The number of aromatic nitrogens is 3. The normalized spacial score (nSPS) is 25.4. The molecule has 4 heterocycles. The Labute approximate surface area is 285 Å². The Hall–Kier alpha value is 0.990. The molecule has 1 saturated heterocycles. The van der Waals surface area contributed by atoms with Crippen molar-refractivity contribution < 1.29 is 154 Å². The summed E-state index contributed by atoms with van der Waals surface area (Å²) in [6, 6.07) is 3.23. The number of ether oxygens (including phenoxy) is 1. The second-order valence-corrected chi connectivity index (χ2v) is 11.5. The number of nitrogens with two attached hydrogens (primary N) is 1. The standard InChI is InChI=1S/C15H19N4O14P3.3Na/c16-13-10-7(8-2-1-3-29-8)4-19(14(10)18-6-17-13)15-12(21)11(20)9(31-15)5-30-35(25,26)33-36(27,28)32-34(22,23)24;;;/h1-4,6,9,11-12,15,20-21H,5H2,(H,25,26)(H,27,28)(H2,16,17,18)(H2,22,23,24);;;/q;3*+1/p-3/t9-,11-,12-,15-;;;/m1.../s1. The number of hydrogen-bond donors (Lipinski definition) is 4. The number of aliphatic hydroxyl groups excluding tert-OH is 2. The van der Waals surface area contributed by atoms with Crippen molar-refractivity contribution >= 4 is 40.3 Å². The van der Waals surface area contributed by atoms with Crippen LogP contribution in [0.1, 0.15) is 6.23 Å². The molecule has 24 heteroatoms. The third kappa shape index (κ3) is 9.24. The van der Waals surface area contributed by atoms with Crippen LogP contribution in [0.3, 0.4) is 0 Å². The van der Waals surface area contributed by atoms with Gasteiger partial charge in [0.2, 0.25) is 0 Å². The van der Waals surface area contributed by atoms with Crippen molar-refractivity contribution in [2.75, 3.05) is 12.3 Å². The zero-order valence-corrected chi connectivity index (χ0v) is 29.2. The van der Waals surface area contributed by atoms with Gasteiger partial charge in [0.25, 0.3) is 23.5 Å². The first-order valence-electron chi connectivity index (χ1n) is 9.57. The third-order valence-corrected chi connectivity index (χ3v) is 8.53. The van der Waals surface area contributed by atoms with Gasteiger partial charge in [0, 0.05) is 11.8 Å². The van der Waals surface area contributed by atoms with Crippen molar-refractivity contribution in [1.29, 1.82) is 0 Å². The molecule has 0 aliphatic carbocycles. The van der Waals surface area contributed by atoms with Crippen LogP contribution in [0, 0.1) is 0 Å². The molecule has 0 amide bonds. The summed E-state index contributed by atoms with van der Waals surface area (Å²) < 4.78 is 56.8. The zero-order valence-electron chi connectivity index (χ0n) is 20.5. The summed E-state index contributed by atoms with van der Waals surface area (Å²) in [6.07, 6.45) is -2.36. The van der Waals surface area contributed by atoms with Crippen LogP contribution in [0.25, 0.3) is 22.4 Å². The Kier molecular flexibility index (Phi) is 14.3. The van der Waals surface area contributed by atoms with Crippen LogP contribution in [-0.2, 0) is 31.6 Å². The van der Waals surface area contributed by atoms with Gasteiger partial charge in [0.15, 0.2) is 6.23 Å². The molecule has 3 unspecified atom stereocenters. The Balaban J connectivity index is 0.00000253. The van der Waals surface area contributed by atoms with E-state index in [1.54, 1.807) is 12.1 Å². The molecule has 1 fully saturated rings. The van der Waals surface area contributed by atoms with E-state index >= 15 is 0 Å². The zero-order chi connectivity index (χ0) is 26.5. The van der Waals surface area contributed by atoms with Gasteiger partial charge in [-0.15, -0.1) is 0 Å². The van der Waals surface area contributed by atoms with E-state index in [4.69, 9.17) is 19.8 Å². The predicted molar refractivity (Wildman–Crippen MR) is 109 cm³/mol. The fourth-order valence-electron chi connectivity index (χ4n) is 3.47. The van der Waals surface area contributed by atoms with Crippen molar-refractivity contribution in [3.63, 3.8) is 0 Å². The molecule has 198 valence electrons. The van der Waals surface area contributed by atoms with Crippen molar-refractivity contribution in [3.05, 3.63) is 30.9 Å². The number of hydrogen-bond acceptors (Lipinski definition) is 16. The van der Waals surface area contributed by atoms with E-state index in [2.05, 4.69) is 23.1 Å². The first kappa shape index (κ1) is 38.0. The molecular formula is C15H16N4Na3O14P3. The number of furan rings is 1. The van der Waals surface area contributed by atoms with E-state index in [-0.39, 0.29) is 100 Å². The Morgan fingerprint density at radius 3 is 2.31 bits per heavy atom. The van der Waals surface area contributed by atoms with Crippen LogP contribution in [0.5, 0.6) is 0 Å². The van der Waals surface area contributed by atoms with Crippen LogP contribution < -0.4 is 109 Å². The molecular weight excluding hydrogens is 622 g/mol. The van der Waals surface area contributed by atoms with Gasteiger partial charge in [-0.25, -0.2) is 18.6 Å². The van der Waals surface area contributed by atoms with Crippen molar-refractivity contribution in [1.82, 2.24) is 14.5 Å². The largest absolute Gasteiger partial charge is 1.00 e. The maximum Gasteiger partial charge on any atom is 1.00 e. The number of nitrogen functional groups attached to an aromatic ring is 1. The summed E-state index contributed by atoms with van der Waals surface area (Å²) in [5.74, 6) is 0.435. The molecule has 3 aromatic rings. The van der Waals surface area contributed by atoms with Crippen LogP contribution in [-0.4, -0.2) is 54.6 Å². The van der Waals surface area contributed by atoms with Crippen molar-refractivity contribution in [2.24, 2.45) is 0 Å². The first-order valence-corrected chi connectivity index (χ1v) is 14.0. The molecule has 18 nitrogen and oxygen atoms in total. The topological polar surface area (TPSA) is 288 Å². The minimum absolute atomic E-state index is 0. The van der Waals surface area contributed by atoms with Gasteiger partial charge in [-0.1, -0.05) is 0 Å². The van der Waals surface area contributed by atoms with E-state index in [0.717, 1.165) is 6.33 Å². The number of phosphoric ester groups is 1. The number of phosphoric acid groups is 3. The van der Waals surface area contributed by atoms with Crippen molar-refractivity contribution in [2.45, 2.75) is 24.5 Å². The van der Waals surface area contributed by atoms with E-state index < -0.39 is 54.6 Å². The van der Waals surface area contributed by atoms with Gasteiger partial charge in [-0.2, -0.15) is 0 Å². The molecule has 4 rings (SSSR count). The van der Waals surface area contributed by atoms with E-state index in [0.29, 0.717) is 16.7 Å². The van der Waals surface area contributed by atoms with Gasteiger partial charge in [-0.05, 0) is 12.1 Å². The van der Waals surface area contributed by atoms with Crippen LogP contribution in [0.15, 0.2) is 35.3 Å². The molecule has 5 N–H and O–H groups in total. The molecule has 3 aromatic heterocycles. The second kappa shape index (κ2) is 14.6. The summed E-state index contributed by atoms with van der Waals surface area (Å²) in [7, 11) is -17.8. The average molecular weight is 638 g/mol. The van der Waals surface area contributed by atoms with E-state index in [1.807, 2.05) is 0 Å². The van der Waals surface area contributed by atoms with Crippen LogP contribution >= 0.6 is 23.5 Å². The second-order valence-electron chi connectivity index (χ2n) is 7.25. The Bertz CT molecular complexity index is 1400. The monoisotopic (exact) mass is 638 g/mol. The fourth-order valence-corrected chi connectivity index (χ4v) is 6.37. The Morgan fingerprint density at radius 2 is 1.72 bits per heavy atom. The molecule has 7 atom stereocenters. The average Bonchev–Trinajstić information content (AvgIpc) is 3.44. The quantitative estimate of drug-likeness (QED) is 0.125. The van der Waals surface area contributed by atoms with E-state index in [9.17, 15) is 38.6 Å². The number of aliphatic hydroxyl groups is 2. The SMILES string of the molecule is Nc1ncnc2c1c(-c1ccco1)cn2[C@@H]1O[C@H](COP(=O)([O-])OP(=O)([O-])OP(=O)([O-])O)[C@@H](O)[C@H]1O.[Na+].[Na+].[Na+]. The fraction of sp³-hybridized carbons (Fsp3) is 0.333. The van der Waals surface area contributed by atoms with Gasteiger partial charge >= 0.3 is 88.7 Å². The van der Waals surface area contributed by atoms with Gasteiger partial charge in [0.05, 0.1) is 18.3 Å². The number of nitrogens with zero attached hydrogens (tertiary/aromatic N) is 3. The minimum atomic E-state index is -6.11. The maximum absolute atomic E-state index is 11.8. The van der Waals surface area contributed by atoms with Gasteiger partial charge in [0.1, 0.15) is 41.9 Å². The summed E-state index contributed by atoms with van der Waals surface area (Å²) in [4.78, 5) is 50.0. The first-order chi connectivity index (χ1) is 16.7. The number of rotatable bonds is 9. The molecule has 0 bridgehead atoms. The van der Waals surface area contributed by atoms with Gasteiger partial charge in [-0.3, -0.25) is 13.7 Å². The molecule has 0 saturated carbocycles. The molecule has 1 aliphatic rings. The van der Waals surface area contributed by atoms with Crippen LogP contribution in [0.4, 0.5) is 5.82 Å². The summed E-state index contributed by atoms with van der Waals surface area (Å²) >= 11 is 0. The maximum atomic E-state index is 11.8. The molecule has 0 radical (unpaired) electrons. The summed E-state index contributed by atoms with van der Waals surface area (Å²) in [5.41, 5.74) is 6.56. The molecule has 0 aromatic carbocycles. The summed E-state index contributed by atoms with van der Waals surface area (Å²) in [5, 5.41) is 21.3. The van der Waals surface area contributed by atoms with Crippen molar-refractivity contribution in [3.8, 4) is 11.3 Å². The van der Waals surface area contributed by atoms with E-state index in [1.165, 1.54) is 17.0 Å². The predicted octanol–water partition coefficient (Wildman–Crippen LogP) is -10.6. The van der Waals surface area contributed by atoms with Gasteiger partial charge < -0.3 is 53.8 Å². The number of anilines is 1. The molecule has 0 spiro atoms. The summed E-state index contributed by atoms with van der Waals surface area (Å²) in [6.45, 7) is -1.08. The molecule has 1 aliphatic heterocycles. The Morgan fingerprint density at radius 1 is 1.05 bits per heavy atom.